The molecule has 0 heterocycles. The van der Waals surface area contributed by atoms with Crippen LogP contribution in [0.1, 0.15) is 64.2 Å². The lowest BCUT2D eigenvalue weighted by atomic mass is 10.0. The van der Waals surface area contributed by atoms with Crippen molar-refractivity contribution in [3.8, 4) is 0 Å². The molecular formula is C13H21NS. The van der Waals surface area contributed by atoms with Gasteiger partial charge < -0.3 is 0 Å². The fourth-order valence-electron chi connectivity index (χ4n) is 2.04. The highest BCUT2D eigenvalue weighted by molar-refractivity contribution is 7.78. The first-order chi connectivity index (χ1) is 7.43. The fraction of sp³-hybridized carbons (Fsp3) is 0.769. The molecule has 0 radical (unpaired) electrons. The van der Waals surface area contributed by atoms with Crippen molar-refractivity contribution in [2.24, 2.45) is 4.99 Å². The lowest BCUT2D eigenvalue weighted by molar-refractivity contribution is 0.562. The molecule has 2 heteroatoms. The van der Waals surface area contributed by atoms with Gasteiger partial charge in [-0.2, -0.15) is 4.99 Å². The molecule has 0 saturated heterocycles. The van der Waals surface area contributed by atoms with E-state index in [1.165, 1.54) is 51.4 Å². The molecule has 0 unspecified atom stereocenters. The summed E-state index contributed by atoms with van der Waals surface area (Å²) in [7, 11) is 0. The predicted octanol–water partition coefficient (Wildman–Crippen LogP) is 4.89. The Morgan fingerprint density at radius 2 is 1.53 bits per heavy atom. The Morgan fingerprint density at radius 1 is 0.933 bits per heavy atom. The number of isothiocyanates is 1. The van der Waals surface area contributed by atoms with Crippen LogP contribution in [0.3, 0.4) is 0 Å². The van der Waals surface area contributed by atoms with E-state index in [0.717, 1.165) is 18.5 Å². The van der Waals surface area contributed by atoms with Gasteiger partial charge in [-0.1, -0.05) is 44.6 Å². The van der Waals surface area contributed by atoms with E-state index in [1.807, 2.05) is 0 Å². The van der Waals surface area contributed by atoms with Crippen LogP contribution < -0.4 is 0 Å². The van der Waals surface area contributed by atoms with Crippen LogP contribution >= 0.6 is 12.2 Å². The maximum absolute atomic E-state index is 4.66. The lowest BCUT2D eigenvalue weighted by Gasteiger charge is -2.05. The van der Waals surface area contributed by atoms with E-state index in [2.05, 4.69) is 28.4 Å². The summed E-state index contributed by atoms with van der Waals surface area (Å²) in [5.74, 6) is 0. The Labute approximate surface area is 98.7 Å². The Morgan fingerprint density at radius 3 is 2.20 bits per heavy atom. The van der Waals surface area contributed by atoms with Gasteiger partial charge in [0.2, 0.25) is 0 Å². The van der Waals surface area contributed by atoms with Crippen molar-refractivity contribution >= 4 is 17.4 Å². The van der Waals surface area contributed by atoms with Crippen LogP contribution in [0.15, 0.2) is 16.8 Å². The summed E-state index contributed by atoms with van der Waals surface area (Å²) in [6.07, 6.45) is 15.4. The number of aliphatic imine (C=N–C) groups is 1. The number of hydrogen-bond donors (Lipinski definition) is 0. The van der Waals surface area contributed by atoms with Crippen LogP contribution in [-0.2, 0) is 0 Å². The normalized spacial score (nSPS) is 20.4. The Kier molecular flexibility index (Phi) is 7.41. The zero-order chi connectivity index (χ0) is 10.8. The first kappa shape index (κ1) is 12.6. The molecular weight excluding hydrogens is 202 g/mol. The Bertz CT molecular complexity index is 239. The molecule has 0 spiro atoms. The van der Waals surface area contributed by atoms with E-state index in [0.29, 0.717) is 0 Å². The van der Waals surface area contributed by atoms with E-state index in [4.69, 9.17) is 0 Å². The van der Waals surface area contributed by atoms with Crippen LogP contribution in [0.2, 0.25) is 0 Å². The first-order valence-corrected chi connectivity index (χ1v) is 6.61. The second-order valence-corrected chi connectivity index (χ2v) is 4.45. The van der Waals surface area contributed by atoms with Gasteiger partial charge in [-0.3, -0.25) is 0 Å². The zero-order valence-corrected chi connectivity index (χ0v) is 10.3. The molecule has 0 aromatic heterocycles. The zero-order valence-electron chi connectivity index (χ0n) is 9.50. The topological polar surface area (TPSA) is 12.4 Å². The van der Waals surface area contributed by atoms with Crippen LogP contribution in [0.5, 0.6) is 0 Å². The summed E-state index contributed by atoms with van der Waals surface area (Å²) in [4.78, 5) is 4.14. The van der Waals surface area contributed by atoms with E-state index < -0.39 is 0 Å². The van der Waals surface area contributed by atoms with Crippen molar-refractivity contribution in [3.05, 3.63) is 11.8 Å². The lowest BCUT2D eigenvalue weighted by Crippen LogP contribution is -1.86. The molecule has 0 N–H and O–H groups in total. The number of thiocarbonyl (C=S) groups is 1. The number of nitrogens with zero attached hydrogens (tertiary/aromatic N) is 1. The number of rotatable bonds is 1. The Hall–Kier alpha value is -0.460. The van der Waals surface area contributed by atoms with E-state index in [9.17, 15) is 0 Å². The molecule has 15 heavy (non-hydrogen) atoms. The van der Waals surface area contributed by atoms with Gasteiger partial charge in [0.25, 0.3) is 0 Å². The molecule has 0 aromatic rings. The molecule has 0 aliphatic heterocycles. The van der Waals surface area contributed by atoms with Crippen molar-refractivity contribution < 1.29 is 0 Å². The second kappa shape index (κ2) is 8.82. The van der Waals surface area contributed by atoms with Crippen molar-refractivity contribution in [2.75, 3.05) is 0 Å². The largest absolute Gasteiger partial charge is 0.200 e. The third kappa shape index (κ3) is 6.59. The van der Waals surface area contributed by atoms with Crippen LogP contribution in [0, 0.1) is 0 Å². The van der Waals surface area contributed by atoms with Crippen molar-refractivity contribution in [3.63, 3.8) is 0 Å². The summed E-state index contributed by atoms with van der Waals surface area (Å²) < 4.78 is 0. The minimum atomic E-state index is 1.09. The maximum Gasteiger partial charge on any atom is 0.0637 e. The van der Waals surface area contributed by atoms with Gasteiger partial charge >= 0.3 is 0 Å². The summed E-state index contributed by atoms with van der Waals surface area (Å²) in [5, 5.41) is 2.49. The molecule has 0 atom stereocenters. The molecule has 84 valence electrons. The van der Waals surface area contributed by atoms with Gasteiger partial charge in [-0.25, -0.2) is 0 Å². The summed E-state index contributed by atoms with van der Waals surface area (Å²) in [5.41, 5.74) is 1.16. The van der Waals surface area contributed by atoms with Gasteiger partial charge in [-0.15, -0.1) is 0 Å². The summed E-state index contributed by atoms with van der Waals surface area (Å²) in [6, 6.07) is 0. The molecule has 1 aliphatic rings. The third-order valence-electron chi connectivity index (χ3n) is 2.96. The fourth-order valence-corrected chi connectivity index (χ4v) is 2.16. The van der Waals surface area contributed by atoms with Gasteiger partial charge in [0.15, 0.2) is 0 Å². The molecule has 1 aliphatic carbocycles. The van der Waals surface area contributed by atoms with Gasteiger partial charge in [0.05, 0.1) is 5.16 Å². The third-order valence-corrected chi connectivity index (χ3v) is 3.05. The van der Waals surface area contributed by atoms with Gasteiger partial charge in [0.1, 0.15) is 0 Å². The quantitative estimate of drug-likeness (QED) is 0.455. The van der Waals surface area contributed by atoms with E-state index >= 15 is 0 Å². The summed E-state index contributed by atoms with van der Waals surface area (Å²) >= 11 is 4.66. The van der Waals surface area contributed by atoms with Crippen molar-refractivity contribution in [1.82, 2.24) is 0 Å². The van der Waals surface area contributed by atoms with Crippen LogP contribution in [0.25, 0.3) is 0 Å². The second-order valence-electron chi connectivity index (χ2n) is 4.27. The highest BCUT2D eigenvalue weighted by Crippen LogP contribution is 2.17. The highest BCUT2D eigenvalue weighted by atomic mass is 32.1. The molecule has 1 nitrogen and oxygen atoms in total. The smallest absolute Gasteiger partial charge is 0.0637 e. The summed E-state index contributed by atoms with van der Waals surface area (Å²) in [6.45, 7) is 0. The minimum Gasteiger partial charge on any atom is -0.200 e. The minimum absolute atomic E-state index is 1.09. The SMILES string of the molecule is S=C=NC1=CCCCCCCCCCC1. The Balaban J connectivity index is 2.41. The molecule has 1 rings (SSSR count). The van der Waals surface area contributed by atoms with E-state index in [1.54, 1.807) is 0 Å². The standard InChI is InChI=1S/C13H21NS/c15-12-14-13-10-8-6-4-2-1-3-5-7-9-11-13/h10H,1-9,11H2. The average molecular weight is 223 g/mol. The van der Waals surface area contributed by atoms with Crippen LogP contribution in [-0.4, -0.2) is 5.16 Å². The monoisotopic (exact) mass is 223 g/mol. The average Bonchev–Trinajstić information content (AvgIpc) is 2.22. The first-order valence-electron chi connectivity index (χ1n) is 6.20. The molecule has 0 bridgehead atoms. The molecule has 0 aromatic carbocycles. The number of hydrogen-bond acceptors (Lipinski definition) is 2. The highest BCUT2D eigenvalue weighted by Gasteiger charge is 1.98. The maximum atomic E-state index is 4.66. The van der Waals surface area contributed by atoms with Crippen LogP contribution in [0.4, 0.5) is 0 Å². The van der Waals surface area contributed by atoms with Gasteiger partial charge in [-0.05, 0) is 37.9 Å². The number of allylic oxidation sites excluding steroid dienone is 2. The van der Waals surface area contributed by atoms with Gasteiger partial charge in [0, 0.05) is 5.70 Å². The molecule has 0 saturated carbocycles. The molecule has 0 amide bonds. The predicted molar refractivity (Wildman–Crippen MR) is 69.3 cm³/mol. The van der Waals surface area contributed by atoms with E-state index in [-0.39, 0.29) is 0 Å². The molecule has 0 fully saturated rings. The van der Waals surface area contributed by atoms with Crippen molar-refractivity contribution in [2.45, 2.75) is 64.2 Å². The van der Waals surface area contributed by atoms with Crippen molar-refractivity contribution in [1.29, 1.82) is 0 Å².